The number of rotatable bonds is 5. The summed E-state index contributed by atoms with van der Waals surface area (Å²) in [6.45, 7) is 1.98. The number of nitrogens with zero attached hydrogens (tertiary/aromatic N) is 1. The van der Waals surface area contributed by atoms with Gasteiger partial charge in [-0.25, -0.2) is 4.39 Å². The second kappa shape index (κ2) is 6.48. The van der Waals surface area contributed by atoms with Gasteiger partial charge in [0.05, 0.1) is 24.0 Å². The molecule has 0 bridgehead atoms. The first kappa shape index (κ1) is 13.8. The fraction of sp³-hybridized carbons (Fsp3) is 0.250. The number of carbonyl (C=O) groups excluding carboxylic acids is 1. The highest BCUT2D eigenvalue weighted by Gasteiger charge is 2.08. The van der Waals surface area contributed by atoms with Gasteiger partial charge in [0.25, 0.3) is 5.69 Å². The van der Waals surface area contributed by atoms with Gasteiger partial charge in [-0.15, -0.1) is 0 Å². The van der Waals surface area contributed by atoms with E-state index in [0.29, 0.717) is 5.56 Å². The number of hydrogen-bond acceptors (Lipinski definition) is 4. The molecule has 0 radical (unpaired) electrons. The maximum absolute atomic E-state index is 13.1. The maximum Gasteiger partial charge on any atom is 0.309 e. The Kier molecular flexibility index (Phi) is 4.98. The van der Waals surface area contributed by atoms with Gasteiger partial charge in [0.15, 0.2) is 0 Å². The van der Waals surface area contributed by atoms with E-state index in [9.17, 15) is 19.3 Å². The third kappa shape index (κ3) is 4.32. The summed E-state index contributed by atoms with van der Waals surface area (Å²) in [6, 6.07) is 3.21. The molecule has 1 aromatic carbocycles. The number of benzene rings is 1. The van der Waals surface area contributed by atoms with Crippen molar-refractivity contribution in [2.45, 2.75) is 13.3 Å². The van der Waals surface area contributed by atoms with E-state index in [1.165, 1.54) is 18.2 Å². The lowest BCUT2D eigenvalue weighted by atomic mass is 10.1. The van der Waals surface area contributed by atoms with E-state index in [1.54, 1.807) is 6.92 Å². The highest BCUT2D eigenvalue weighted by molar-refractivity contribution is 5.72. The summed E-state index contributed by atoms with van der Waals surface area (Å²) in [4.78, 5) is 20.9. The smallest absolute Gasteiger partial charge is 0.309 e. The van der Waals surface area contributed by atoms with Gasteiger partial charge < -0.3 is 4.74 Å². The summed E-state index contributed by atoms with van der Waals surface area (Å²) in [5.41, 5.74) is -0.00298. The van der Waals surface area contributed by atoms with Crippen molar-refractivity contribution in [3.63, 3.8) is 0 Å². The fourth-order valence-corrected chi connectivity index (χ4v) is 1.31. The maximum atomic E-state index is 13.1. The molecule has 0 amide bonds. The van der Waals surface area contributed by atoms with Crippen LogP contribution in [0.1, 0.15) is 18.9 Å². The van der Waals surface area contributed by atoms with Gasteiger partial charge in [-0.1, -0.05) is 12.2 Å². The number of esters is 1. The van der Waals surface area contributed by atoms with Crippen molar-refractivity contribution in [3.8, 4) is 0 Å². The molecule has 0 unspecified atom stereocenters. The average molecular weight is 253 g/mol. The lowest BCUT2D eigenvalue weighted by Crippen LogP contribution is -2.01. The van der Waals surface area contributed by atoms with Crippen molar-refractivity contribution in [2.24, 2.45) is 0 Å². The minimum Gasteiger partial charge on any atom is -0.466 e. The average Bonchev–Trinajstić information content (AvgIpc) is 2.28. The third-order valence-corrected chi connectivity index (χ3v) is 2.02. The highest BCUT2D eigenvalue weighted by Crippen LogP contribution is 2.17. The standard InChI is InChI=1S/C12H12FNO4/c1-2-18-12(15)5-3-4-9-6-10(13)8-11(7-9)14(16)17/h3-4,6-8H,2,5H2,1H3. The molecule has 18 heavy (non-hydrogen) atoms. The molecule has 0 atom stereocenters. The van der Waals surface area contributed by atoms with E-state index < -0.39 is 16.7 Å². The number of nitro benzene ring substituents is 1. The van der Waals surface area contributed by atoms with Crippen LogP contribution in [0.25, 0.3) is 6.08 Å². The summed E-state index contributed by atoms with van der Waals surface area (Å²) >= 11 is 0. The van der Waals surface area contributed by atoms with Crippen LogP contribution in [0.15, 0.2) is 24.3 Å². The minimum absolute atomic E-state index is 0.0398. The first-order valence-corrected chi connectivity index (χ1v) is 5.30. The number of ether oxygens (including phenoxy) is 1. The predicted octanol–water partition coefficient (Wildman–Crippen LogP) is 2.70. The van der Waals surface area contributed by atoms with Crippen LogP contribution < -0.4 is 0 Å². The Hall–Kier alpha value is -2.24. The number of non-ortho nitro benzene ring substituents is 1. The molecule has 0 heterocycles. The van der Waals surface area contributed by atoms with Gasteiger partial charge in [-0.3, -0.25) is 14.9 Å². The monoisotopic (exact) mass is 253 g/mol. The van der Waals surface area contributed by atoms with Crippen molar-refractivity contribution in [2.75, 3.05) is 6.61 Å². The topological polar surface area (TPSA) is 69.4 Å². The van der Waals surface area contributed by atoms with Crippen LogP contribution in [0, 0.1) is 15.9 Å². The molecule has 6 heteroatoms. The molecule has 0 saturated carbocycles. The van der Waals surface area contributed by atoms with E-state index >= 15 is 0 Å². The van der Waals surface area contributed by atoms with Crippen molar-refractivity contribution in [3.05, 3.63) is 45.8 Å². The molecule has 0 saturated heterocycles. The van der Waals surface area contributed by atoms with Gasteiger partial charge in [-0.2, -0.15) is 0 Å². The molecule has 0 aliphatic carbocycles. The summed E-state index contributed by atoms with van der Waals surface area (Å²) in [7, 11) is 0. The number of nitro groups is 1. The van der Waals surface area contributed by atoms with Crippen LogP contribution in [0.5, 0.6) is 0 Å². The quantitative estimate of drug-likeness (QED) is 0.459. The second-order valence-electron chi connectivity index (χ2n) is 3.41. The SMILES string of the molecule is CCOC(=O)CC=Cc1cc(F)cc([N+](=O)[O-])c1. The fourth-order valence-electron chi connectivity index (χ4n) is 1.31. The Morgan fingerprint density at radius 2 is 2.22 bits per heavy atom. The summed E-state index contributed by atoms with van der Waals surface area (Å²) in [5.74, 6) is -1.10. The molecule has 0 aliphatic heterocycles. The molecule has 1 aromatic rings. The lowest BCUT2D eigenvalue weighted by molar-refractivity contribution is -0.385. The van der Waals surface area contributed by atoms with Gasteiger partial charge in [0.1, 0.15) is 5.82 Å². The van der Waals surface area contributed by atoms with E-state index in [1.807, 2.05) is 0 Å². The predicted molar refractivity (Wildman–Crippen MR) is 63.3 cm³/mol. The van der Waals surface area contributed by atoms with E-state index in [4.69, 9.17) is 4.74 Å². The van der Waals surface area contributed by atoms with Crippen molar-refractivity contribution in [1.29, 1.82) is 0 Å². The number of carbonyl (C=O) groups is 1. The zero-order valence-electron chi connectivity index (χ0n) is 9.76. The molecule has 1 rings (SSSR count). The van der Waals surface area contributed by atoms with Crippen LogP contribution in [-0.4, -0.2) is 17.5 Å². The van der Waals surface area contributed by atoms with Crippen molar-refractivity contribution < 1.29 is 18.8 Å². The molecule has 0 fully saturated rings. The largest absolute Gasteiger partial charge is 0.466 e. The van der Waals surface area contributed by atoms with Crippen molar-refractivity contribution >= 4 is 17.7 Å². The molecule has 5 nitrogen and oxygen atoms in total. The molecule has 0 aliphatic rings. The Morgan fingerprint density at radius 1 is 1.50 bits per heavy atom. The number of halogens is 1. The van der Waals surface area contributed by atoms with Gasteiger partial charge in [-0.05, 0) is 18.6 Å². The zero-order valence-corrected chi connectivity index (χ0v) is 9.76. The lowest BCUT2D eigenvalue weighted by Gasteiger charge is -1.98. The van der Waals surface area contributed by atoms with Crippen LogP contribution in [0.2, 0.25) is 0 Å². The molecular formula is C12H12FNO4. The van der Waals surface area contributed by atoms with E-state index in [0.717, 1.165) is 12.1 Å². The normalized spacial score (nSPS) is 10.6. The number of hydrogen-bond donors (Lipinski definition) is 0. The first-order valence-electron chi connectivity index (χ1n) is 5.30. The van der Waals surface area contributed by atoms with Gasteiger partial charge >= 0.3 is 5.97 Å². The third-order valence-electron chi connectivity index (χ3n) is 2.02. The van der Waals surface area contributed by atoms with Crippen molar-refractivity contribution in [1.82, 2.24) is 0 Å². The molecule has 0 spiro atoms. The van der Waals surface area contributed by atoms with E-state index in [2.05, 4.69) is 0 Å². The minimum atomic E-state index is -0.694. The molecule has 0 aromatic heterocycles. The van der Waals surface area contributed by atoms with Crippen LogP contribution in [-0.2, 0) is 9.53 Å². The Morgan fingerprint density at radius 3 is 2.83 bits per heavy atom. The van der Waals surface area contributed by atoms with Gasteiger partial charge in [0, 0.05) is 6.07 Å². The van der Waals surface area contributed by atoms with Gasteiger partial charge in [0.2, 0.25) is 0 Å². The molecule has 0 N–H and O–H groups in total. The zero-order chi connectivity index (χ0) is 13.5. The van der Waals surface area contributed by atoms with Crippen LogP contribution >= 0.6 is 0 Å². The highest BCUT2D eigenvalue weighted by atomic mass is 19.1. The summed E-state index contributed by atoms with van der Waals surface area (Å²) < 4.78 is 17.8. The first-order chi connectivity index (χ1) is 8.52. The summed E-state index contributed by atoms with van der Waals surface area (Å²) in [6.07, 6.45) is 2.95. The molecular weight excluding hydrogens is 241 g/mol. The summed E-state index contributed by atoms with van der Waals surface area (Å²) in [5, 5.41) is 10.5. The molecule has 96 valence electrons. The van der Waals surface area contributed by atoms with E-state index in [-0.39, 0.29) is 18.7 Å². The Labute approximate surface area is 103 Å². The Balaban J connectivity index is 2.75. The van der Waals surface area contributed by atoms with Crippen LogP contribution in [0.4, 0.5) is 10.1 Å². The second-order valence-corrected chi connectivity index (χ2v) is 3.41. The van der Waals surface area contributed by atoms with Crippen LogP contribution in [0.3, 0.4) is 0 Å². The Bertz CT molecular complexity index is 485.